The van der Waals surface area contributed by atoms with E-state index in [9.17, 15) is 14.0 Å². The molecule has 4 rings (SSSR count). The number of nitrogens with two attached hydrogens (primary N) is 1. The Labute approximate surface area is 186 Å². The van der Waals surface area contributed by atoms with Crippen molar-refractivity contribution in [3.63, 3.8) is 0 Å². The van der Waals surface area contributed by atoms with Crippen LogP contribution >= 0.6 is 11.3 Å². The molecule has 31 heavy (non-hydrogen) atoms. The fourth-order valence-corrected chi connectivity index (χ4v) is 5.85. The first kappa shape index (κ1) is 21.9. The van der Waals surface area contributed by atoms with E-state index in [1.165, 1.54) is 28.3 Å². The second-order valence-electron chi connectivity index (χ2n) is 8.65. The summed E-state index contributed by atoms with van der Waals surface area (Å²) in [7, 11) is 0. The summed E-state index contributed by atoms with van der Waals surface area (Å²) in [5.41, 5.74) is 8.26. The van der Waals surface area contributed by atoms with E-state index in [-0.39, 0.29) is 11.7 Å². The molecule has 8 heteroatoms. The number of nitrogens with one attached hydrogen (secondary N) is 1. The zero-order valence-electron chi connectivity index (χ0n) is 17.8. The third kappa shape index (κ3) is 5.31. The fraction of sp³-hybridized carbons (Fsp3) is 0.478. The van der Waals surface area contributed by atoms with Crippen LogP contribution in [0.2, 0.25) is 0 Å². The molecule has 1 atom stereocenters. The number of thiophene rings is 1. The Balaban J connectivity index is 1.31. The summed E-state index contributed by atoms with van der Waals surface area (Å²) < 4.78 is 13.1. The van der Waals surface area contributed by atoms with Crippen molar-refractivity contribution in [2.24, 2.45) is 11.7 Å². The lowest BCUT2D eigenvalue weighted by atomic mass is 9.88. The van der Waals surface area contributed by atoms with Crippen LogP contribution in [0.5, 0.6) is 0 Å². The Hall–Kier alpha value is -2.29. The van der Waals surface area contributed by atoms with Gasteiger partial charge in [0.05, 0.1) is 12.1 Å². The van der Waals surface area contributed by atoms with Gasteiger partial charge < -0.3 is 11.1 Å². The molecule has 0 spiro atoms. The minimum absolute atomic E-state index is 0.110. The molecule has 3 N–H and O–H groups in total. The van der Waals surface area contributed by atoms with Crippen LogP contribution in [0.15, 0.2) is 24.3 Å². The number of carbonyl (C=O) groups excluding carboxylic acids is 2. The maximum Gasteiger partial charge on any atom is 0.251 e. The summed E-state index contributed by atoms with van der Waals surface area (Å²) in [5, 5.41) is 3.56. The molecule has 2 amide bonds. The van der Waals surface area contributed by atoms with Crippen LogP contribution in [-0.2, 0) is 24.2 Å². The Morgan fingerprint density at radius 1 is 1.16 bits per heavy atom. The molecule has 2 aliphatic rings. The number of rotatable bonds is 6. The van der Waals surface area contributed by atoms with Crippen LogP contribution in [0.3, 0.4) is 0 Å². The van der Waals surface area contributed by atoms with Crippen LogP contribution in [0, 0.1) is 11.7 Å². The highest BCUT2D eigenvalue weighted by Gasteiger charge is 2.28. The Morgan fingerprint density at radius 3 is 2.52 bits per heavy atom. The molecule has 2 heterocycles. The molecular weight excluding hydrogens is 415 g/mol. The van der Waals surface area contributed by atoms with E-state index >= 15 is 0 Å². The van der Waals surface area contributed by atoms with Gasteiger partial charge in [-0.1, -0.05) is 19.1 Å². The first-order valence-electron chi connectivity index (χ1n) is 10.8. The molecule has 1 fully saturated rings. The quantitative estimate of drug-likeness (QED) is 0.718. The third-order valence-electron chi connectivity index (χ3n) is 6.16. The lowest BCUT2D eigenvalue weighted by Crippen LogP contribution is -2.48. The first-order valence-corrected chi connectivity index (χ1v) is 11.6. The average Bonchev–Trinajstić information content (AvgIpc) is 3.08. The highest BCUT2D eigenvalue weighted by atomic mass is 32.1. The summed E-state index contributed by atoms with van der Waals surface area (Å²) in [4.78, 5) is 30.3. The number of anilines is 1. The van der Waals surface area contributed by atoms with Gasteiger partial charge in [-0.05, 0) is 48.4 Å². The van der Waals surface area contributed by atoms with Gasteiger partial charge in [0.25, 0.3) is 5.91 Å². The van der Waals surface area contributed by atoms with E-state index < -0.39 is 5.91 Å². The van der Waals surface area contributed by atoms with Crippen LogP contribution < -0.4 is 11.1 Å². The van der Waals surface area contributed by atoms with Crippen molar-refractivity contribution in [3.8, 4) is 0 Å². The smallest absolute Gasteiger partial charge is 0.251 e. The maximum atomic E-state index is 13.1. The van der Waals surface area contributed by atoms with E-state index in [1.807, 2.05) is 12.1 Å². The molecule has 0 radical (unpaired) electrons. The van der Waals surface area contributed by atoms with E-state index in [0.717, 1.165) is 63.1 Å². The van der Waals surface area contributed by atoms with Crippen molar-refractivity contribution in [1.29, 1.82) is 0 Å². The number of carbonyl (C=O) groups is 2. The lowest BCUT2D eigenvalue weighted by molar-refractivity contribution is -0.117. The summed E-state index contributed by atoms with van der Waals surface area (Å²) in [6.45, 7) is 6.56. The van der Waals surface area contributed by atoms with E-state index in [1.54, 1.807) is 0 Å². The number of hydrogen-bond acceptors (Lipinski definition) is 5. The molecule has 2 aromatic rings. The summed E-state index contributed by atoms with van der Waals surface area (Å²) in [6, 6.07) is 6.60. The van der Waals surface area contributed by atoms with Crippen molar-refractivity contribution in [2.75, 3.05) is 38.0 Å². The number of piperazine rings is 1. The summed E-state index contributed by atoms with van der Waals surface area (Å²) in [6.07, 6.45) is 2.82. The van der Waals surface area contributed by atoms with Crippen LogP contribution in [0.1, 0.15) is 39.7 Å². The minimum Gasteiger partial charge on any atom is -0.365 e. The maximum absolute atomic E-state index is 13.1. The number of hydrogen-bond donors (Lipinski definition) is 2. The number of amides is 2. The molecule has 0 unspecified atom stereocenters. The molecule has 1 aromatic heterocycles. The highest BCUT2D eigenvalue weighted by Crippen LogP contribution is 2.39. The molecule has 1 aromatic carbocycles. The van der Waals surface area contributed by atoms with E-state index in [4.69, 9.17) is 5.73 Å². The van der Waals surface area contributed by atoms with Gasteiger partial charge in [0.15, 0.2) is 0 Å². The van der Waals surface area contributed by atoms with E-state index in [0.29, 0.717) is 23.0 Å². The Bertz CT molecular complexity index is 951. The van der Waals surface area contributed by atoms with Gasteiger partial charge in [-0.15, -0.1) is 11.3 Å². The minimum atomic E-state index is -0.461. The number of halogens is 1. The SMILES string of the molecule is C[C@H]1CCc2c(sc(NC(=O)CN3CCN(Cc4ccc(F)cc4)CC3)c2C(N)=O)C1. The Morgan fingerprint density at radius 2 is 1.84 bits per heavy atom. The molecule has 0 bridgehead atoms. The third-order valence-corrected chi connectivity index (χ3v) is 7.33. The second-order valence-corrected chi connectivity index (χ2v) is 9.75. The van der Waals surface area contributed by atoms with Gasteiger partial charge >= 0.3 is 0 Å². The summed E-state index contributed by atoms with van der Waals surface area (Å²) >= 11 is 1.50. The van der Waals surface area contributed by atoms with Gasteiger partial charge in [-0.25, -0.2) is 4.39 Å². The van der Waals surface area contributed by atoms with Crippen molar-refractivity contribution in [2.45, 2.75) is 32.7 Å². The standard InChI is InChI=1S/C23H29FN4O2S/c1-15-2-7-18-19(12-15)31-23(21(18)22(25)30)26-20(29)14-28-10-8-27(9-11-28)13-16-3-5-17(24)6-4-16/h3-6,15H,2,7-14H2,1H3,(H2,25,30)(H,26,29)/t15-/m0/s1. The lowest BCUT2D eigenvalue weighted by Gasteiger charge is -2.34. The van der Waals surface area contributed by atoms with Crippen molar-refractivity contribution < 1.29 is 14.0 Å². The number of nitrogens with zero attached hydrogens (tertiary/aromatic N) is 2. The second kappa shape index (κ2) is 9.46. The molecule has 0 saturated carbocycles. The predicted molar refractivity (Wildman–Crippen MR) is 121 cm³/mol. The number of primary amides is 1. The van der Waals surface area contributed by atoms with Gasteiger partial charge in [0.1, 0.15) is 10.8 Å². The molecule has 1 aliphatic heterocycles. The highest BCUT2D eigenvalue weighted by molar-refractivity contribution is 7.17. The van der Waals surface area contributed by atoms with Crippen LogP contribution in [0.25, 0.3) is 0 Å². The first-order chi connectivity index (χ1) is 14.9. The largest absolute Gasteiger partial charge is 0.365 e. The van der Waals surface area contributed by atoms with Crippen molar-refractivity contribution in [1.82, 2.24) is 9.80 Å². The van der Waals surface area contributed by atoms with E-state index in [2.05, 4.69) is 22.0 Å². The molecule has 1 saturated heterocycles. The molecule has 6 nitrogen and oxygen atoms in total. The van der Waals surface area contributed by atoms with Crippen molar-refractivity contribution in [3.05, 3.63) is 51.7 Å². The summed E-state index contributed by atoms with van der Waals surface area (Å²) in [5.74, 6) is -0.209. The van der Waals surface area contributed by atoms with Crippen molar-refractivity contribution >= 4 is 28.2 Å². The Kier molecular flexibility index (Phi) is 6.69. The zero-order chi connectivity index (χ0) is 22.0. The number of benzene rings is 1. The van der Waals surface area contributed by atoms with Gasteiger partial charge in [0, 0.05) is 37.6 Å². The topological polar surface area (TPSA) is 78.7 Å². The fourth-order valence-electron chi connectivity index (χ4n) is 4.42. The molecule has 1 aliphatic carbocycles. The van der Waals surface area contributed by atoms with Gasteiger partial charge in [-0.3, -0.25) is 19.4 Å². The molecular formula is C23H29FN4O2S. The monoisotopic (exact) mass is 444 g/mol. The normalized spacial score (nSPS) is 19.7. The van der Waals surface area contributed by atoms with Crippen LogP contribution in [0.4, 0.5) is 9.39 Å². The average molecular weight is 445 g/mol. The van der Waals surface area contributed by atoms with Gasteiger partial charge in [-0.2, -0.15) is 0 Å². The zero-order valence-corrected chi connectivity index (χ0v) is 18.6. The number of fused-ring (bicyclic) bond motifs is 1. The van der Waals surface area contributed by atoms with Crippen LogP contribution in [-0.4, -0.2) is 54.3 Å². The van der Waals surface area contributed by atoms with Gasteiger partial charge in [0.2, 0.25) is 5.91 Å². The molecule has 166 valence electrons. The predicted octanol–water partition coefficient (Wildman–Crippen LogP) is 2.87.